The standard InChI is InChI=1S/C25H21N3O2S/c1-3-30-22-13-10-17-6-4-5-7-20(17)23(22)24(29)26-19-11-8-18(9-12-19)21-14-28-16(2)15-31-25(28)27-21/h4-15H,3H2,1-2H3,(H,26,29). The van der Waals surface area contributed by atoms with Crippen molar-refractivity contribution >= 4 is 38.7 Å². The molecule has 0 saturated carbocycles. The van der Waals surface area contributed by atoms with E-state index >= 15 is 0 Å². The van der Waals surface area contributed by atoms with Crippen molar-refractivity contribution in [2.24, 2.45) is 0 Å². The number of nitrogens with zero attached hydrogens (tertiary/aromatic N) is 2. The number of fused-ring (bicyclic) bond motifs is 2. The molecule has 5 nitrogen and oxygen atoms in total. The lowest BCUT2D eigenvalue weighted by Crippen LogP contribution is -2.14. The fraction of sp³-hybridized carbons (Fsp3) is 0.120. The summed E-state index contributed by atoms with van der Waals surface area (Å²) >= 11 is 1.63. The van der Waals surface area contributed by atoms with Crippen molar-refractivity contribution in [2.75, 3.05) is 11.9 Å². The van der Waals surface area contributed by atoms with E-state index in [4.69, 9.17) is 4.74 Å². The summed E-state index contributed by atoms with van der Waals surface area (Å²) in [6, 6.07) is 19.4. The van der Waals surface area contributed by atoms with Crippen LogP contribution in [0.15, 0.2) is 72.2 Å². The summed E-state index contributed by atoms with van der Waals surface area (Å²) in [4.78, 5) is 18.9. The minimum absolute atomic E-state index is 0.189. The molecule has 0 aliphatic heterocycles. The van der Waals surface area contributed by atoms with Gasteiger partial charge in [-0.2, -0.15) is 0 Å². The summed E-state index contributed by atoms with van der Waals surface area (Å²) in [6.07, 6.45) is 2.04. The number of thiazole rings is 1. The molecular formula is C25H21N3O2S. The van der Waals surface area contributed by atoms with Crippen LogP contribution in [-0.4, -0.2) is 21.9 Å². The molecule has 1 amide bonds. The van der Waals surface area contributed by atoms with Gasteiger partial charge in [-0.15, -0.1) is 11.3 Å². The Hall–Kier alpha value is -3.64. The highest BCUT2D eigenvalue weighted by molar-refractivity contribution is 7.15. The van der Waals surface area contributed by atoms with E-state index < -0.39 is 0 Å². The van der Waals surface area contributed by atoms with E-state index in [0.29, 0.717) is 17.9 Å². The van der Waals surface area contributed by atoms with Crippen LogP contribution in [-0.2, 0) is 0 Å². The van der Waals surface area contributed by atoms with Crippen LogP contribution in [0.5, 0.6) is 5.75 Å². The maximum absolute atomic E-state index is 13.2. The Morgan fingerprint density at radius 1 is 1.10 bits per heavy atom. The normalized spacial score (nSPS) is 11.2. The van der Waals surface area contributed by atoms with Crippen LogP contribution in [0.4, 0.5) is 5.69 Å². The van der Waals surface area contributed by atoms with E-state index in [0.717, 1.165) is 32.7 Å². The molecule has 0 saturated heterocycles. The molecule has 0 spiro atoms. The van der Waals surface area contributed by atoms with Gasteiger partial charge in [0, 0.05) is 28.5 Å². The van der Waals surface area contributed by atoms with Crippen LogP contribution in [0.3, 0.4) is 0 Å². The molecule has 0 aliphatic rings. The van der Waals surface area contributed by atoms with Gasteiger partial charge >= 0.3 is 0 Å². The lowest BCUT2D eigenvalue weighted by Gasteiger charge is -2.13. The van der Waals surface area contributed by atoms with Gasteiger partial charge in [-0.1, -0.05) is 42.5 Å². The highest BCUT2D eigenvalue weighted by Gasteiger charge is 2.17. The topological polar surface area (TPSA) is 55.6 Å². The molecule has 154 valence electrons. The van der Waals surface area contributed by atoms with Crippen molar-refractivity contribution in [3.05, 3.63) is 83.5 Å². The number of anilines is 1. The average molecular weight is 428 g/mol. The Morgan fingerprint density at radius 3 is 2.68 bits per heavy atom. The van der Waals surface area contributed by atoms with E-state index in [2.05, 4.69) is 27.0 Å². The Labute approximate surface area is 183 Å². The summed E-state index contributed by atoms with van der Waals surface area (Å²) < 4.78 is 7.83. The molecule has 2 aromatic heterocycles. The third kappa shape index (κ3) is 3.55. The molecule has 1 N–H and O–H groups in total. The number of ether oxygens (including phenoxy) is 1. The Bertz CT molecular complexity index is 1400. The number of aromatic nitrogens is 2. The van der Waals surface area contributed by atoms with E-state index in [1.54, 1.807) is 11.3 Å². The predicted octanol–water partition coefficient (Wildman–Crippen LogP) is 6.18. The first-order valence-corrected chi connectivity index (χ1v) is 11.0. The number of hydrogen-bond donors (Lipinski definition) is 1. The van der Waals surface area contributed by atoms with Crippen LogP contribution in [0.1, 0.15) is 23.0 Å². The highest BCUT2D eigenvalue weighted by Crippen LogP contribution is 2.30. The first-order chi connectivity index (χ1) is 15.1. The Kier molecular flexibility index (Phi) is 4.92. The van der Waals surface area contributed by atoms with Crippen molar-refractivity contribution < 1.29 is 9.53 Å². The summed E-state index contributed by atoms with van der Waals surface area (Å²) in [7, 11) is 0. The van der Waals surface area contributed by atoms with Gasteiger partial charge < -0.3 is 10.1 Å². The first kappa shape index (κ1) is 19.3. The third-order valence-corrected chi connectivity index (χ3v) is 6.20. The molecule has 0 unspecified atom stereocenters. The van der Waals surface area contributed by atoms with Crippen LogP contribution in [0.2, 0.25) is 0 Å². The summed E-state index contributed by atoms with van der Waals surface area (Å²) in [6.45, 7) is 4.48. The summed E-state index contributed by atoms with van der Waals surface area (Å²) in [5.41, 5.74) is 4.37. The molecule has 0 fully saturated rings. The van der Waals surface area contributed by atoms with E-state index in [9.17, 15) is 4.79 Å². The van der Waals surface area contributed by atoms with Gasteiger partial charge in [0.2, 0.25) is 0 Å². The fourth-order valence-corrected chi connectivity index (χ4v) is 4.56. The molecule has 0 radical (unpaired) electrons. The van der Waals surface area contributed by atoms with Crippen LogP contribution >= 0.6 is 11.3 Å². The maximum atomic E-state index is 13.2. The number of benzene rings is 3. The predicted molar refractivity (Wildman–Crippen MR) is 126 cm³/mol. The molecule has 31 heavy (non-hydrogen) atoms. The maximum Gasteiger partial charge on any atom is 0.260 e. The van der Waals surface area contributed by atoms with Gasteiger partial charge in [-0.05, 0) is 42.8 Å². The number of rotatable bonds is 5. The first-order valence-electron chi connectivity index (χ1n) is 10.1. The molecule has 5 rings (SSSR count). The molecule has 3 aromatic carbocycles. The lowest BCUT2D eigenvalue weighted by molar-refractivity contribution is 0.102. The molecule has 6 heteroatoms. The minimum atomic E-state index is -0.189. The zero-order chi connectivity index (χ0) is 21.4. The zero-order valence-electron chi connectivity index (χ0n) is 17.3. The quantitative estimate of drug-likeness (QED) is 0.365. The molecule has 5 aromatic rings. The lowest BCUT2D eigenvalue weighted by atomic mass is 10.0. The number of hydrogen-bond acceptors (Lipinski definition) is 4. The smallest absolute Gasteiger partial charge is 0.260 e. The van der Waals surface area contributed by atoms with Crippen LogP contribution in [0.25, 0.3) is 27.0 Å². The largest absolute Gasteiger partial charge is 0.493 e. The summed E-state index contributed by atoms with van der Waals surface area (Å²) in [5.74, 6) is 0.398. The number of carbonyl (C=O) groups excluding carboxylic acids is 1. The van der Waals surface area contributed by atoms with Crippen LogP contribution in [0, 0.1) is 6.92 Å². The Balaban J connectivity index is 1.43. The molecule has 0 bridgehead atoms. The van der Waals surface area contributed by atoms with Gasteiger partial charge in [0.1, 0.15) is 5.75 Å². The molecule has 0 aliphatic carbocycles. The van der Waals surface area contributed by atoms with E-state index in [1.165, 1.54) is 5.69 Å². The number of nitrogens with one attached hydrogen (secondary N) is 1. The number of carbonyl (C=O) groups is 1. The van der Waals surface area contributed by atoms with E-state index in [1.807, 2.05) is 73.8 Å². The fourth-order valence-electron chi connectivity index (χ4n) is 3.71. The van der Waals surface area contributed by atoms with Gasteiger partial charge in [0.25, 0.3) is 5.91 Å². The van der Waals surface area contributed by atoms with E-state index in [-0.39, 0.29) is 5.91 Å². The SMILES string of the molecule is CCOc1ccc2ccccc2c1C(=O)Nc1ccc(-c2cn3c(C)csc3n2)cc1. The van der Waals surface area contributed by atoms with Crippen LogP contribution < -0.4 is 10.1 Å². The molecular weight excluding hydrogens is 406 g/mol. The van der Waals surface area contributed by atoms with Crippen molar-refractivity contribution in [3.8, 4) is 17.0 Å². The number of aryl methyl sites for hydroxylation is 1. The highest BCUT2D eigenvalue weighted by atomic mass is 32.1. The second kappa shape index (κ2) is 7.89. The minimum Gasteiger partial charge on any atom is -0.493 e. The average Bonchev–Trinajstić information content (AvgIpc) is 3.36. The molecule has 0 atom stereocenters. The Morgan fingerprint density at radius 2 is 1.90 bits per heavy atom. The second-order valence-corrected chi connectivity index (χ2v) is 8.12. The summed E-state index contributed by atoms with van der Waals surface area (Å²) in [5, 5.41) is 6.98. The van der Waals surface area contributed by atoms with Crippen molar-refractivity contribution in [1.82, 2.24) is 9.38 Å². The number of imidazole rings is 1. The van der Waals surface area contributed by atoms with Crippen molar-refractivity contribution in [2.45, 2.75) is 13.8 Å². The monoisotopic (exact) mass is 427 g/mol. The van der Waals surface area contributed by atoms with Crippen molar-refractivity contribution in [3.63, 3.8) is 0 Å². The van der Waals surface area contributed by atoms with Gasteiger partial charge in [-0.25, -0.2) is 4.98 Å². The van der Waals surface area contributed by atoms with Gasteiger partial charge in [-0.3, -0.25) is 9.20 Å². The molecule has 2 heterocycles. The third-order valence-electron chi connectivity index (χ3n) is 5.24. The van der Waals surface area contributed by atoms with Gasteiger partial charge in [0.15, 0.2) is 4.96 Å². The van der Waals surface area contributed by atoms with Crippen molar-refractivity contribution in [1.29, 1.82) is 0 Å². The number of amides is 1. The van der Waals surface area contributed by atoms with Gasteiger partial charge in [0.05, 0.1) is 17.9 Å². The zero-order valence-corrected chi connectivity index (χ0v) is 18.1. The second-order valence-electron chi connectivity index (χ2n) is 7.28.